The van der Waals surface area contributed by atoms with E-state index < -0.39 is 0 Å². The third kappa shape index (κ3) is 3.01. The Morgan fingerprint density at radius 2 is 2.25 bits per heavy atom. The number of benzene rings is 1. The molecule has 0 aliphatic heterocycles. The zero-order valence-corrected chi connectivity index (χ0v) is 10.2. The van der Waals surface area contributed by atoms with Crippen molar-refractivity contribution in [2.75, 3.05) is 13.7 Å². The van der Waals surface area contributed by atoms with E-state index in [0.29, 0.717) is 6.42 Å². The molecule has 1 N–H and O–H groups in total. The van der Waals surface area contributed by atoms with E-state index in [-0.39, 0.29) is 6.04 Å². The standard InChI is InChI=1S/C14H19NO/c1-5-7-13(15-6-2)12-8-9-14(16-4)11(3)10-12/h1,8-10,13,15H,6-7H2,2-4H3. The average Bonchev–Trinajstić information content (AvgIpc) is 2.28. The minimum atomic E-state index is 0.236. The molecule has 0 amide bonds. The summed E-state index contributed by atoms with van der Waals surface area (Å²) in [5, 5.41) is 3.38. The van der Waals surface area contributed by atoms with Crippen LogP contribution in [0.25, 0.3) is 0 Å². The molecule has 86 valence electrons. The molecular weight excluding hydrogens is 198 g/mol. The van der Waals surface area contributed by atoms with Gasteiger partial charge in [-0.05, 0) is 30.7 Å². The van der Waals surface area contributed by atoms with Crippen molar-refractivity contribution in [2.45, 2.75) is 26.3 Å². The van der Waals surface area contributed by atoms with Crippen LogP contribution in [0.5, 0.6) is 5.75 Å². The Morgan fingerprint density at radius 3 is 2.75 bits per heavy atom. The number of ether oxygens (including phenoxy) is 1. The van der Waals surface area contributed by atoms with Crippen molar-refractivity contribution in [2.24, 2.45) is 0 Å². The van der Waals surface area contributed by atoms with E-state index in [1.807, 2.05) is 13.0 Å². The van der Waals surface area contributed by atoms with Gasteiger partial charge in [-0.15, -0.1) is 12.3 Å². The molecule has 16 heavy (non-hydrogen) atoms. The predicted octanol–water partition coefficient (Wildman–Crippen LogP) is 2.68. The van der Waals surface area contributed by atoms with Gasteiger partial charge in [0.1, 0.15) is 5.75 Å². The molecule has 2 heteroatoms. The van der Waals surface area contributed by atoms with Gasteiger partial charge in [-0.1, -0.05) is 19.1 Å². The average molecular weight is 217 g/mol. The lowest BCUT2D eigenvalue weighted by Gasteiger charge is -2.17. The summed E-state index contributed by atoms with van der Waals surface area (Å²) in [5.41, 5.74) is 2.36. The fourth-order valence-corrected chi connectivity index (χ4v) is 1.79. The number of rotatable bonds is 5. The lowest BCUT2D eigenvalue weighted by atomic mass is 10.0. The highest BCUT2D eigenvalue weighted by atomic mass is 16.5. The zero-order chi connectivity index (χ0) is 12.0. The molecule has 1 unspecified atom stereocenters. The summed E-state index contributed by atoms with van der Waals surface area (Å²) in [7, 11) is 1.69. The van der Waals surface area contributed by atoms with E-state index in [2.05, 4.69) is 30.3 Å². The Hall–Kier alpha value is -1.46. The summed E-state index contributed by atoms with van der Waals surface area (Å²) >= 11 is 0. The third-order valence-corrected chi connectivity index (χ3v) is 2.59. The first-order valence-corrected chi connectivity index (χ1v) is 5.54. The van der Waals surface area contributed by atoms with Crippen molar-refractivity contribution in [3.63, 3.8) is 0 Å². The maximum absolute atomic E-state index is 5.38. The van der Waals surface area contributed by atoms with Gasteiger partial charge >= 0.3 is 0 Å². The molecular formula is C14H19NO. The molecule has 0 aliphatic carbocycles. The van der Waals surface area contributed by atoms with Crippen molar-refractivity contribution in [1.29, 1.82) is 0 Å². The summed E-state index contributed by atoms with van der Waals surface area (Å²) in [4.78, 5) is 0. The molecule has 0 fully saturated rings. The second-order valence-corrected chi connectivity index (χ2v) is 3.75. The van der Waals surface area contributed by atoms with E-state index in [4.69, 9.17) is 11.2 Å². The van der Waals surface area contributed by atoms with Crippen LogP contribution in [0, 0.1) is 19.3 Å². The van der Waals surface area contributed by atoms with E-state index >= 15 is 0 Å². The molecule has 0 saturated heterocycles. The van der Waals surface area contributed by atoms with E-state index in [9.17, 15) is 0 Å². The minimum absolute atomic E-state index is 0.236. The number of methoxy groups -OCH3 is 1. The molecule has 1 aromatic carbocycles. The first-order valence-electron chi connectivity index (χ1n) is 5.54. The Labute approximate surface area is 98.0 Å². The number of terminal acetylenes is 1. The molecule has 0 heterocycles. The molecule has 2 nitrogen and oxygen atoms in total. The van der Waals surface area contributed by atoms with Crippen molar-refractivity contribution < 1.29 is 4.74 Å². The summed E-state index contributed by atoms with van der Waals surface area (Å²) in [6.45, 7) is 5.04. The molecule has 0 bridgehead atoms. The number of hydrogen-bond acceptors (Lipinski definition) is 2. The van der Waals surface area contributed by atoms with Crippen LogP contribution in [0.2, 0.25) is 0 Å². The molecule has 0 radical (unpaired) electrons. The normalized spacial score (nSPS) is 11.9. The molecule has 0 aliphatic rings. The number of nitrogens with one attached hydrogen (secondary N) is 1. The molecule has 1 atom stereocenters. The van der Waals surface area contributed by atoms with Gasteiger partial charge in [-0.2, -0.15) is 0 Å². The van der Waals surface area contributed by atoms with Crippen molar-refractivity contribution in [3.8, 4) is 18.1 Å². The molecule has 1 rings (SSSR count). The van der Waals surface area contributed by atoms with Crippen LogP contribution in [0.4, 0.5) is 0 Å². The van der Waals surface area contributed by atoms with Gasteiger partial charge in [-0.3, -0.25) is 0 Å². The Bertz CT molecular complexity index is 379. The van der Waals surface area contributed by atoms with E-state index in [1.165, 1.54) is 5.56 Å². The highest BCUT2D eigenvalue weighted by Crippen LogP contribution is 2.23. The van der Waals surface area contributed by atoms with Crippen molar-refractivity contribution >= 4 is 0 Å². The van der Waals surface area contributed by atoms with Crippen LogP contribution in [0.1, 0.15) is 30.5 Å². The van der Waals surface area contributed by atoms with Gasteiger partial charge < -0.3 is 10.1 Å². The quantitative estimate of drug-likeness (QED) is 0.766. The fraction of sp³-hybridized carbons (Fsp3) is 0.429. The highest BCUT2D eigenvalue weighted by molar-refractivity contribution is 5.37. The van der Waals surface area contributed by atoms with Crippen LogP contribution in [0.3, 0.4) is 0 Å². The zero-order valence-electron chi connectivity index (χ0n) is 10.2. The van der Waals surface area contributed by atoms with Crippen LogP contribution < -0.4 is 10.1 Å². The lowest BCUT2D eigenvalue weighted by Crippen LogP contribution is -2.20. The van der Waals surface area contributed by atoms with E-state index in [1.54, 1.807) is 7.11 Å². The van der Waals surface area contributed by atoms with Crippen LogP contribution in [-0.2, 0) is 0 Å². The molecule has 0 aromatic heterocycles. The maximum Gasteiger partial charge on any atom is 0.121 e. The highest BCUT2D eigenvalue weighted by Gasteiger charge is 2.10. The SMILES string of the molecule is C#CCC(NCC)c1ccc(OC)c(C)c1. The Morgan fingerprint density at radius 1 is 1.50 bits per heavy atom. The van der Waals surface area contributed by atoms with Crippen LogP contribution in [-0.4, -0.2) is 13.7 Å². The Kier molecular flexibility index (Phi) is 4.88. The van der Waals surface area contributed by atoms with Gasteiger partial charge in [0.25, 0.3) is 0 Å². The molecule has 1 aromatic rings. The second-order valence-electron chi connectivity index (χ2n) is 3.75. The number of aryl methyl sites for hydroxylation is 1. The predicted molar refractivity (Wildman–Crippen MR) is 67.6 cm³/mol. The first-order chi connectivity index (χ1) is 7.72. The van der Waals surface area contributed by atoms with Gasteiger partial charge in [-0.25, -0.2) is 0 Å². The molecule has 0 saturated carbocycles. The van der Waals surface area contributed by atoms with E-state index in [0.717, 1.165) is 17.9 Å². The monoisotopic (exact) mass is 217 g/mol. The number of hydrogen-bond donors (Lipinski definition) is 1. The maximum atomic E-state index is 5.38. The van der Waals surface area contributed by atoms with Crippen LogP contribution >= 0.6 is 0 Å². The van der Waals surface area contributed by atoms with Crippen LogP contribution in [0.15, 0.2) is 18.2 Å². The van der Waals surface area contributed by atoms with Gasteiger partial charge in [0.2, 0.25) is 0 Å². The third-order valence-electron chi connectivity index (χ3n) is 2.59. The Balaban J connectivity index is 2.93. The van der Waals surface area contributed by atoms with Gasteiger partial charge in [0, 0.05) is 12.5 Å². The van der Waals surface area contributed by atoms with Gasteiger partial charge in [0.15, 0.2) is 0 Å². The summed E-state index contributed by atoms with van der Waals surface area (Å²) in [6, 6.07) is 6.42. The summed E-state index contributed by atoms with van der Waals surface area (Å²) in [5.74, 6) is 3.62. The first kappa shape index (κ1) is 12.6. The van der Waals surface area contributed by atoms with Crippen molar-refractivity contribution in [1.82, 2.24) is 5.32 Å². The summed E-state index contributed by atoms with van der Waals surface area (Å²) < 4.78 is 5.24. The topological polar surface area (TPSA) is 21.3 Å². The fourth-order valence-electron chi connectivity index (χ4n) is 1.79. The largest absolute Gasteiger partial charge is 0.496 e. The van der Waals surface area contributed by atoms with Gasteiger partial charge in [0.05, 0.1) is 7.11 Å². The van der Waals surface area contributed by atoms with Crippen molar-refractivity contribution in [3.05, 3.63) is 29.3 Å². The smallest absolute Gasteiger partial charge is 0.121 e. The summed E-state index contributed by atoms with van der Waals surface area (Å²) in [6.07, 6.45) is 6.08. The lowest BCUT2D eigenvalue weighted by molar-refractivity contribution is 0.411. The minimum Gasteiger partial charge on any atom is -0.496 e. The second kappa shape index (κ2) is 6.19. The molecule has 0 spiro atoms.